The van der Waals surface area contributed by atoms with Gasteiger partial charge < -0.3 is 10.2 Å². The number of halogens is 3. The van der Waals surface area contributed by atoms with Crippen LogP contribution in [0.1, 0.15) is 44.3 Å². The molecule has 1 saturated heterocycles. The number of aromatic nitrogens is 2. The minimum Gasteiger partial charge on any atom is -0.322 e. The van der Waals surface area contributed by atoms with Crippen molar-refractivity contribution in [2.75, 3.05) is 11.4 Å². The number of amides is 4. The molecule has 2 aliphatic heterocycles. The van der Waals surface area contributed by atoms with Crippen LogP contribution in [0.25, 0.3) is 0 Å². The predicted molar refractivity (Wildman–Crippen MR) is 136 cm³/mol. The summed E-state index contributed by atoms with van der Waals surface area (Å²) in [6.45, 7) is 7.58. The van der Waals surface area contributed by atoms with Gasteiger partial charge in [0.2, 0.25) is 0 Å². The van der Waals surface area contributed by atoms with E-state index in [1.165, 1.54) is 23.9 Å². The van der Waals surface area contributed by atoms with Gasteiger partial charge in [-0.2, -0.15) is 18.3 Å². The van der Waals surface area contributed by atoms with Crippen molar-refractivity contribution in [1.82, 2.24) is 20.4 Å². The summed E-state index contributed by atoms with van der Waals surface area (Å²) in [5.41, 5.74) is 2.28. The largest absolute Gasteiger partial charge is 0.416 e. The molecular weight excluding hydrogens is 515 g/mol. The number of urea groups is 1. The Hall–Kier alpha value is -4.81. The molecule has 2 aromatic carbocycles. The second-order valence-corrected chi connectivity index (χ2v) is 9.12. The molecule has 10 nitrogen and oxygen atoms in total. The normalized spacial score (nSPS) is 17.7. The zero-order chi connectivity index (χ0) is 28.1. The van der Waals surface area contributed by atoms with Crippen molar-refractivity contribution >= 4 is 41.8 Å². The van der Waals surface area contributed by atoms with Gasteiger partial charge in [0.25, 0.3) is 11.8 Å². The average molecular weight is 538 g/mol. The highest BCUT2D eigenvalue weighted by atomic mass is 19.4. The van der Waals surface area contributed by atoms with Gasteiger partial charge in [-0.05, 0) is 68.1 Å². The first kappa shape index (κ1) is 25.8. The fourth-order valence-corrected chi connectivity index (χ4v) is 4.66. The fourth-order valence-electron chi connectivity index (χ4n) is 4.66. The maximum atomic E-state index is 13.5. The number of hydrogen-bond acceptors (Lipinski definition) is 5. The molecule has 2 aliphatic rings. The second-order valence-electron chi connectivity index (χ2n) is 9.12. The van der Waals surface area contributed by atoms with E-state index in [1.807, 2.05) is 0 Å². The van der Waals surface area contributed by atoms with Crippen LogP contribution in [0, 0.1) is 13.8 Å². The molecule has 4 amide bonds. The molecule has 1 fully saturated rings. The summed E-state index contributed by atoms with van der Waals surface area (Å²) in [6, 6.07) is 6.78. The van der Waals surface area contributed by atoms with E-state index in [1.54, 1.807) is 30.0 Å². The Bertz CT molecular complexity index is 1580. The highest BCUT2D eigenvalue weighted by Gasteiger charge is 2.39. The number of benzene rings is 2. The molecule has 2 N–H and O–H groups in total. The summed E-state index contributed by atoms with van der Waals surface area (Å²) in [7, 11) is 0. The average Bonchev–Trinajstić information content (AvgIpc) is 3.45. The van der Waals surface area contributed by atoms with Crippen molar-refractivity contribution in [2.24, 2.45) is 9.98 Å². The lowest BCUT2D eigenvalue weighted by Crippen LogP contribution is -2.42. The molecule has 13 heteroatoms. The number of aryl methyl sites for hydroxylation is 2. The van der Waals surface area contributed by atoms with Gasteiger partial charge in [0.1, 0.15) is 11.7 Å². The predicted octanol–water partition coefficient (Wildman–Crippen LogP) is 3.84. The van der Waals surface area contributed by atoms with Crippen molar-refractivity contribution in [3.05, 3.63) is 76.1 Å². The topological polar surface area (TPSA) is 121 Å². The van der Waals surface area contributed by atoms with Crippen molar-refractivity contribution in [2.45, 2.75) is 32.6 Å². The van der Waals surface area contributed by atoms with E-state index in [9.17, 15) is 27.6 Å². The Balaban J connectivity index is 1.44. The fraction of sp³-hybridized carbons (Fsp3) is 0.231. The molecule has 0 saturated carbocycles. The van der Waals surface area contributed by atoms with Crippen LogP contribution in [-0.4, -0.2) is 46.7 Å². The number of hydrogen-bond donors (Lipinski definition) is 2. The van der Waals surface area contributed by atoms with Crippen LogP contribution in [-0.2, 0) is 17.5 Å². The summed E-state index contributed by atoms with van der Waals surface area (Å²) in [4.78, 5) is 47.3. The minimum atomic E-state index is -4.46. The lowest BCUT2D eigenvalue weighted by molar-refractivity contribution is -0.137. The number of alkyl halides is 3. The zero-order valence-corrected chi connectivity index (χ0v) is 20.8. The number of carbonyl (C=O) groups excluding carboxylic acids is 3. The van der Waals surface area contributed by atoms with Gasteiger partial charge in [-0.15, -0.1) is 0 Å². The molecule has 3 aromatic rings. The number of nitrogens with one attached hydrogen (secondary N) is 2. The Kier molecular flexibility index (Phi) is 6.29. The first-order valence-electron chi connectivity index (χ1n) is 11.8. The standard InChI is InChI=1S/C26H22F3N7O3/c1-13-11-16(26(27,28)29)5-6-18(13)32-22(30-3)15-4-7-19(14(2)10-15)35-8-9-36-21(24(35)38)17(12-31-36)20-23(37)34-25(39)33-20/h4-7,10-12,20H,3,8-9H2,1-2H3,(H2,33,34,37,39)/b32-22-. The van der Waals surface area contributed by atoms with Gasteiger partial charge in [0.15, 0.2) is 5.84 Å². The number of anilines is 1. The Morgan fingerprint density at radius 3 is 2.46 bits per heavy atom. The summed E-state index contributed by atoms with van der Waals surface area (Å²) in [6.07, 6.45) is -3.05. The monoisotopic (exact) mass is 537 g/mol. The third-order valence-corrected chi connectivity index (χ3v) is 6.58. The minimum absolute atomic E-state index is 0.208. The number of imide groups is 1. The first-order chi connectivity index (χ1) is 18.5. The summed E-state index contributed by atoms with van der Waals surface area (Å²) >= 11 is 0. The Morgan fingerprint density at radius 2 is 1.85 bits per heavy atom. The molecule has 0 radical (unpaired) electrons. The number of fused-ring (bicyclic) bond motifs is 1. The van der Waals surface area contributed by atoms with Crippen molar-refractivity contribution < 1.29 is 27.6 Å². The van der Waals surface area contributed by atoms with Crippen molar-refractivity contribution in [3.63, 3.8) is 0 Å². The summed E-state index contributed by atoms with van der Waals surface area (Å²) < 4.78 is 40.6. The van der Waals surface area contributed by atoms with E-state index in [2.05, 4.69) is 32.4 Å². The molecule has 5 rings (SSSR count). The van der Waals surface area contributed by atoms with E-state index in [0.717, 1.165) is 12.1 Å². The highest BCUT2D eigenvalue weighted by molar-refractivity contribution is 6.10. The van der Waals surface area contributed by atoms with Crippen LogP contribution < -0.4 is 15.5 Å². The van der Waals surface area contributed by atoms with Gasteiger partial charge in [-0.3, -0.25) is 19.6 Å². The number of nitrogens with zero attached hydrogens (tertiary/aromatic N) is 5. The first-order valence-corrected chi connectivity index (χ1v) is 11.8. The second kappa shape index (κ2) is 9.49. The van der Waals surface area contributed by atoms with Crippen LogP contribution >= 0.6 is 0 Å². The Labute approximate surface area is 220 Å². The van der Waals surface area contributed by atoms with Gasteiger partial charge in [-0.1, -0.05) is 0 Å². The molecule has 0 aliphatic carbocycles. The van der Waals surface area contributed by atoms with Crippen LogP contribution in [0.5, 0.6) is 0 Å². The molecule has 3 heterocycles. The molecule has 200 valence electrons. The van der Waals surface area contributed by atoms with E-state index in [4.69, 9.17) is 0 Å². The highest BCUT2D eigenvalue weighted by Crippen LogP contribution is 2.33. The van der Waals surface area contributed by atoms with Gasteiger partial charge in [0.05, 0.1) is 24.0 Å². The van der Waals surface area contributed by atoms with E-state index in [0.29, 0.717) is 46.7 Å². The molecule has 1 atom stereocenters. The third-order valence-electron chi connectivity index (χ3n) is 6.58. The van der Waals surface area contributed by atoms with E-state index < -0.39 is 29.7 Å². The number of rotatable bonds is 4. The molecule has 0 spiro atoms. The van der Waals surface area contributed by atoms with Crippen LogP contribution in [0.2, 0.25) is 0 Å². The maximum absolute atomic E-state index is 13.5. The van der Waals surface area contributed by atoms with Gasteiger partial charge in [-0.25, -0.2) is 14.8 Å². The van der Waals surface area contributed by atoms with Crippen LogP contribution in [0.15, 0.2) is 52.6 Å². The van der Waals surface area contributed by atoms with Gasteiger partial charge in [0, 0.05) is 23.4 Å². The molecule has 1 unspecified atom stereocenters. The Morgan fingerprint density at radius 1 is 1.08 bits per heavy atom. The van der Waals surface area contributed by atoms with Crippen molar-refractivity contribution in [3.8, 4) is 0 Å². The quantitative estimate of drug-likeness (QED) is 0.298. The lowest BCUT2D eigenvalue weighted by Gasteiger charge is -2.30. The van der Waals surface area contributed by atoms with E-state index in [-0.39, 0.29) is 17.4 Å². The zero-order valence-electron chi connectivity index (χ0n) is 20.8. The SMILES string of the molecule is C=N/C(=N\c1ccc(C(F)(F)F)cc1C)c1ccc(N2CCn3ncc(C4NC(=O)NC4=O)c3C2=O)c(C)c1. The number of aliphatic imine (C=N–C) groups is 2. The van der Waals surface area contributed by atoms with Crippen LogP contribution in [0.3, 0.4) is 0 Å². The summed E-state index contributed by atoms with van der Waals surface area (Å²) in [5.74, 6) is -0.733. The number of carbonyl (C=O) groups is 3. The van der Waals surface area contributed by atoms with Gasteiger partial charge >= 0.3 is 12.2 Å². The van der Waals surface area contributed by atoms with Crippen LogP contribution in [0.4, 0.5) is 29.3 Å². The molecule has 39 heavy (non-hydrogen) atoms. The molecule has 0 bridgehead atoms. The molecule has 1 aromatic heterocycles. The maximum Gasteiger partial charge on any atom is 0.416 e. The smallest absolute Gasteiger partial charge is 0.322 e. The van der Waals surface area contributed by atoms with Crippen molar-refractivity contribution in [1.29, 1.82) is 0 Å². The summed E-state index contributed by atoms with van der Waals surface area (Å²) in [5, 5.41) is 8.87. The molecular formula is C26H22F3N7O3. The third kappa shape index (κ3) is 4.67. The lowest BCUT2D eigenvalue weighted by atomic mass is 10.0. The van der Waals surface area contributed by atoms with E-state index >= 15 is 0 Å². The number of amidine groups is 1.